The maximum atomic E-state index is 10.9. The SMILES string of the molecule is CS(=O)(=O)Nc1ccccc1SO[O-].[Li+]. The third-order valence-corrected chi connectivity index (χ3v) is 2.50. The number of benzene rings is 1. The average molecular weight is 241 g/mol. The zero-order valence-corrected chi connectivity index (χ0v) is 9.89. The Morgan fingerprint density at radius 2 is 2.00 bits per heavy atom. The van der Waals surface area contributed by atoms with Crippen LogP contribution in [0.4, 0.5) is 5.69 Å². The summed E-state index contributed by atoms with van der Waals surface area (Å²) in [5, 5.41) is 9.90. The van der Waals surface area contributed by atoms with Crippen molar-refractivity contribution in [1.29, 1.82) is 0 Å². The number of para-hydroxylation sites is 1. The normalized spacial score (nSPS) is 10.5. The molecule has 1 aromatic carbocycles. The number of sulfonamides is 1. The van der Waals surface area contributed by atoms with E-state index in [0.717, 1.165) is 6.26 Å². The molecule has 5 nitrogen and oxygen atoms in total. The zero-order chi connectivity index (χ0) is 10.6. The van der Waals surface area contributed by atoms with E-state index in [1.54, 1.807) is 24.3 Å². The molecule has 0 saturated carbocycles. The van der Waals surface area contributed by atoms with Crippen LogP contribution in [0.5, 0.6) is 0 Å². The van der Waals surface area contributed by atoms with Gasteiger partial charge in [0.15, 0.2) is 0 Å². The van der Waals surface area contributed by atoms with Gasteiger partial charge in [-0.25, -0.2) is 8.42 Å². The fourth-order valence-corrected chi connectivity index (χ4v) is 1.92. The van der Waals surface area contributed by atoms with Gasteiger partial charge in [0.05, 0.1) is 16.8 Å². The third-order valence-electron chi connectivity index (χ3n) is 1.31. The van der Waals surface area contributed by atoms with E-state index in [2.05, 4.69) is 9.06 Å². The second-order valence-electron chi connectivity index (χ2n) is 2.52. The summed E-state index contributed by atoms with van der Waals surface area (Å²) in [4.78, 5) is 0.424. The van der Waals surface area contributed by atoms with Crippen molar-refractivity contribution in [2.24, 2.45) is 0 Å². The summed E-state index contributed by atoms with van der Waals surface area (Å²) < 4.78 is 27.7. The van der Waals surface area contributed by atoms with E-state index in [1.165, 1.54) is 0 Å². The Hall–Kier alpha value is -0.163. The van der Waals surface area contributed by atoms with E-state index >= 15 is 0 Å². The van der Waals surface area contributed by atoms with Crippen LogP contribution in [0.25, 0.3) is 0 Å². The molecule has 1 rings (SSSR count). The smallest absolute Gasteiger partial charge is 0.710 e. The summed E-state index contributed by atoms with van der Waals surface area (Å²) in [6.45, 7) is 0. The summed E-state index contributed by atoms with van der Waals surface area (Å²) in [6, 6.07) is 6.45. The fourth-order valence-electron chi connectivity index (χ4n) is 0.860. The molecule has 0 spiro atoms. The van der Waals surface area contributed by atoms with Crippen molar-refractivity contribution < 1.29 is 36.9 Å². The van der Waals surface area contributed by atoms with Crippen molar-refractivity contribution >= 4 is 27.8 Å². The van der Waals surface area contributed by atoms with Crippen LogP contribution in [0.15, 0.2) is 29.2 Å². The average Bonchev–Trinajstić information content (AvgIpc) is 2.06. The van der Waals surface area contributed by atoms with Crippen LogP contribution in [-0.4, -0.2) is 14.7 Å². The summed E-state index contributed by atoms with van der Waals surface area (Å²) in [5.41, 5.74) is 0.329. The molecule has 0 aliphatic heterocycles. The van der Waals surface area contributed by atoms with Crippen LogP contribution in [0, 0.1) is 0 Å². The number of hydrogen-bond acceptors (Lipinski definition) is 5. The largest absolute Gasteiger partial charge is 1.00 e. The second kappa shape index (κ2) is 6.43. The van der Waals surface area contributed by atoms with E-state index in [-0.39, 0.29) is 18.9 Å². The number of nitrogens with one attached hydrogen (secondary N) is 1. The number of hydrogen-bond donors (Lipinski definition) is 1. The minimum absolute atomic E-state index is 0. The number of anilines is 1. The molecule has 0 heterocycles. The Kier molecular flexibility index (Phi) is 6.36. The standard InChI is InChI=1S/C7H9NO4S2.Li/c1-14(10,11)8-6-4-2-3-5-7(6)13-12-9;/h2-5,8-9H,1H3;/q;+1/p-1. The Bertz CT molecular complexity index is 409. The first-order valence-corrected chi connectivity index (χ1v) is 6.19. The fraction of sp³-hybridized carbons (Fsp3) is 0.143. The molecule has 1 aromatic rings. The Morgan fingerprint density at radius 1 is 1.40 bits per heavy atom. The summed E-state index contributed by atoms with van der Waals surface area (Å²) in [6.07, 6.45) is 1.03. The van der Waals surface area contributed by atoms with Gasteiger partial charge in [-0.3, -0.25) is 4.72 Å². The second-order valence-corrected chi connectivity index (χ2v) is 5.01. The summed E-state index contributed by atoms with van der Waals surface area (Å²) in [7, 11) is -3.34. The molecule has 0 atom stereocenters. The predicted octanol–water partition coefficient (Wildman–Crippen LogP) is -2.64. The molecular weight excluding hydrogens is 233 g/mol. The zero-order valence-electron chi connectivity index (χ0n) is 8.26. The third kappa shape index (κ3) is 5.46. The van der Waals surface area contributed by atoms with Crippen LogP contribution in [0.1, 0.15) is 0 Å². The van der Waals surface area contributed by atoms with E-state index in [0.29, 0.717) is 22.6 Å². The van der Waals surface area contributed by atoms with Gasteiger partial charge in [-0.2, -0.15) is 0 Å². The number of rotatable bonds is 4. The predicted molar refractivity (Wildman–Crippen MR) is 51.9 cm³/mol. The van der Waals surface area contributed by atoms with E-state index in [4.69, 9.17) is 0 Å². The molecule has 15 heavy (non-hydrogen) atoms. The van der Waals surface area contributed by atoms with E-state index in [9.17, 15) is 13.7 Å². The van der Waals surface area contributed by atoms with E-state index in [1.807, 2.05) is 0 Å². The van der Waals surface area contributed by atoms with Crippen molar-refractivity contribution in [3.63, 3.8) is 0 Å². The van der Waals surface area contributed by atoms with Gasteiger partial charge >= 0.3 is 18.9 Å². The molecule has 0 aliphatic carbocycles. The molecule has 0 fully saturated rings. The molecule has 8 heteroatoms. The van der Waals surface area contributed by atoms with Crippen LogP contribution < -0.4 is 28.8 Å². The van der Waals surface area contributed by atoms with Crippen molar-refractivity contribution in [2.75, 3.05) is 11.0 Å². The molecule has 0 unspecified atom stereocenters. The van der Waals surface area contributed by atoms with Gasteiger partial charge in [0.25, 0.3) is 0 Å². The minimum atomic E-state index is -3.34. The van der Waals surface area contributed by atoms with Crippen LogP contribution in [-0.2, 0) is 14.4 Å². The Morgan fingerprint density at radius 3 is 2.53 bits per heavy atom. The molecule has 0 aromatic heterocycles. The summed E-state index contributed by atoms with van der Waals surface area (Å²) in [5.74, 6) is 0. The van der Waals surface area contributed by atoms with Crippen LogP contribution in [0.3, 0.4) is 0 Å². The Balaban J connectivity index is 0.00000196. The Labute approximate surface area is 105 Å². The van der Waals surface area contributed by atoms with Gasteiger partial charge < -0.3 is 9.59 Å². The maximum Gasteiger partial charge on any atom is 1.00 e. The van der Waals surface area contributed by atoms with Gasteiger partial charge in [-0.1, -0.05) is 12.1 Å². The molecule has 0 amide bonds. The first kappa shape index (κ1) is 14.8. The van der Waals surface area contributed by atoms with Gasteiger partial charge in [-0.15, -0.1) is 0 Å². The van der Waals surface area contributed by atoms with Crippen molar-refractivity contribution in [2.45, 2.75) is 4.90 Å². The molecule has 78 valence electrons. The molecule has 1 N–H and O–H groups in total. The molecule has 0 radical (unpaired) electrons. The van der Waals surface area contributed by atoms with Crippen molar-refractivity contribution in [3.05, 3.63) is 24.3 Å². The van der Waals surface area contributed by atoms with E-state index < -0.39 is 10.0 Å². The van der Waals surface area contributed by atoms with Gasteiger partial charge in [-0.05, 0) is 12.1 Å². The summed E-state index contributed by atoms with van der Waals surface area (Å²) >= 11 is 0.560. The first-order valence-electron chi connectivity index (χ1n) is 3.56. The van der Waals surface area contributed by atoms with Crippen LogP contribution in [0.2, 0.25) is 0 Å². The van der Waals surface area contributed by atoms with Crippen LogP contribution >= 0.6 is 12.0 Å². The topological polar surface area (TPSA) is 78.5 Å². The maximum absolute atomic E-state index is 10.9. The quantitative estimate of drug-likeness (QED) is 0.270. The molecule has 0 aliphatic rings. The van der Waals surface area contributed by atoms with Gasteiger partial charge in [0.1, 0.15) is 0 Å². The van der Waals surface area contributed by atoms with Crippen molar-refractivity contribution in [3.8, 4) is 0 Å². The van der Waals surface area contributed by atoms with Crippen molar-refractivity contribution in [1.82, 2.24) is 0 Å². The molecular formula is C7H8LiNO4S2. The molecule has 0 saturated heterocycles. The minimum Gasteiger partial charge on any atom is -0.710 e. The monoisotopic (exact) mass is 241 g/mol. The first-order chi connectivity index (χ1) is 6.53. The van der Waals surface area contributed by atoms with Gasteiger partial charge in [0, 0.05) is 12.0 Å². The molecule has 0 bridgehead atoms. The van der Waals surface area contributed by atoms with Gasteiger partial charge in [0.2, 0.25) is 10.0 Å².